The van der Waals surface area contributed by atoms with E-state index < -0.39 is 0 Å². The van der Waals surface area contributed by atoms with Crippen molar-refractivity contribution in [2.45, 2.75) is 19.4 Å². The predicted octanol–water partition coefficient (Wildman–Crippen LogP) is 1.67. The maximum absolute atomic E-state index is 5.93. The van der Waals surface area contributed by atoms with Crippen LogP contribution >= 0.6 is 15.9 Å². The number of halogens is 1. The molecule has 2 N–H and O–H groups in total. The van der Waals surface area contributed by atoms with E-state index in [2.05, 4.69) is 37.0 Å². The molecule has 0 aliphatic carbocycles. The summed E-state index contributed by atoms with van der Waals surface area (Å²) in [6.07, 6.45) is 4.06. The van der Waals surface area contributed by atoms with Crippen LogP contribution in [0.4, 0.5) is 5.82 Å². The molecule has 0 saturated carbocycles. The Labute approximate surface area is 108 Å². The molecule has 1 aliphatic heterocycles. The molecule has 0 atom stereocenters. The Balaban J connectivity index is 2.03. The molecule has 1 saturated heterocycles. The molecule has 1 fully saturated rings. The van der Waals surface area contributed by atoms with Crippen LogP contribution in [0.5, 0.6) is 0 Å². The summed E-state index contributed by atoms with van der Waals surface area (Å²) in [6, 6.07) is 2.08. The fraction of sp³-hybridized carbons (Fsp3) is 0.455. The van der Waals surface area contributed by atoms with Crippen LogP contribution in [-0.4, -0.2) is 32.6 Å². The standard InChI is InChI=1S/C11H14BrN5/c12-9-5-8(6-16-3-1-2-4-16)10-11(13)14-7-15-17(9)10/h5,7H,1-4,6H2,(H2,13,14,15). The lowest BCUT2D eigenvalue weighted by Gasteiger charge is -2.13. The number of nitrogens with two attached hydrogens (primary N) is 1. The van der Waals surface area contributed by atoms with Crippen LogP contribution in [0.2, 0.25) is 0 Å². The summed E-state index contributed by atoms with van der Waals surface area (Å²) in [6.45, 7) is 3.26. The highest BCUT2D eigenvalue weighted by atomic mass is 79.9. The molecule has 6 heteroatoms. The lowest BCUT2D eigenvalue weighted by Crippen LogP contribution is -2.18. The first kappa shape index (κ1) is 11.0. The van der Waals surface area contributed by atoms with Crippen molar-refractivity contribution >= 4 is 27.3 Å². The molecule has 0 aromatic carbocycles. The van der Waals surface area contributed by atoms with Gasteiger partial charge < -0.3 is 5.73 Å². The first-order valence-electron chi connectivity index (χ1n) is 5.74. The summed E-state index contributed by atoms with van der Waals surface area (Å²) in [4.78, 5) is 6.50. The number of rotatable bonds is 2. The minimum absolute atomic E-state index is 0.542. The summed E-state index contributed by atoms with van der Waals surface area (Å²) >= 11 is 3.50. The van der Waals surface area contributed by atoms with Crippen molar-refractivity contribution in [1.29, 1.82) is 0 Å². The van der Waals surface area contributed by atoms with E-state index in [1.807, 2.05) is 0 Å². The molecule has 3 heterocycles. The summed E-state index contributed by atoms with van der Waals surface area (Å²) < 4.78 is 2.73. The molecule has 0 amide bonds. The van der Waals surface area contributed by atoms with E-state index in [0.717, 1.165) is 16.7 Å². The molecule has 1 aliphatic rings. The maximum Gasteiger partial charge on any atom is 0.151 e. The number of hydrogen-bond acceptors (Lipinski definition) is 4. The molecule has 90 valence electrons. The molecule has 0 bridgehead atoms. The zero-order valence-electron chi connectivity index (χ0n) is 9.43. The van der Waals surface area contributed by atoms with E-state index in [-0.39, 0.29) is 0 Å². The molecular formula is C11H14BrN5. The van der Waals surface area contributed by atoms with Gasteiger partial charge in [0.05, 0.1) is 0 Å². The van der Waals surface area contributed by atoms with Crippen molar-refractivity contribution in [2.75, 3.05) is 18.8 Å². The minimum Gasteiger partial charge on any atom is -0.382 e. The van der Waals surface area contributed by atoms with Gasteiger partial charge in [-0.15, -0.1) is 0 Å². The van der Waals surface area contributed by atoms with Gasteiger partial charge in [-0.05, 0) is 53.5 Å². The third-order valence-electron chi connectivity index (χ3n) is 3.21. The first-order chi connectivity index (χ1) is 8.25. The van der Waals surface area contributed by atoms with Crippen LogP contribution in [0.15, 0.2) is 17.0 Å². The molecule has 0 unspecified atom stereocenters. The van der Waals surface area contributed by atoms with Crippen LogP contribution in [0.25, 0.3) is 5.52 Å². The quantitative estimate of drug-likeness (QED) is 0.916. The average molecular weight is 296 g/mol. The van der Waals surface area contributed by atoms with E-state index in [0.29, 0.717) is 5.82 Å². The van der Waals surface area contributed by atoms with E-state index in [4.69, 9.17) is 5.73 Å². The van der Waals surface area contributed by atoms with Gasteiger partial charge in [0.2, 0.25) is 0 Å². The van der Waals surface area contributed by atoms with Gasteiger partial charge >= 0.3 is 0 Å². The molecule has 3 rings (SSSR count). The van der Waals surface area contributed by atoms with Gasteiger partial charge in [0.15, 0.2) is 5.82 Å². The normalized spacial score (nSPS) is 17.0. The lowest BCUT2D eigenvalue weighted by atomic mass is 10.2. The van der Waals surface area contributed by atoms with Crippen LogP contribution < -0.4 is 5.73 Å². The third-order valence-corrected chi connectivity index (χ3v) is 3.78. The van der Waals surface area contributed by atoms with Crippen LogP contribution in [0.1, 0.15) is 18.4 Å². The van der Waals surface area contributed by atoms with Gasteiger partial charge in [-0.2, -0.15) is 5.10 Å². The fourth-order valence-electron chi connectivity index (χ4n) is 2.40. The fourth-order valence-corrected chi connectivity index (χ4v) is 2.95. The molecule has 2 aromatic heterocycles. The number of hydrogen-bond donors (Lipinski definition) is 1. The monoisotopic (exact) mass is 295 g/mol. The van der Waals surface area contributed by atoms with Crippen molar-refractivity contribution in [3.8, 4) is 0 Å². The van der Waals surface area contributed by atoms with Crippen molar-refractivity contribution in [3.63, 3.8) is 0 Å². The summed E-state index contributed by atoms with van der Waals surface area (Å²) in [5, 5.41) is 4.20. The molecule has 5 nitrogen and oxygen atoms in total. The molecule has 2 aromatic rings. The van der Waals surface area contributed by atoms with Gasteiger partial charge in [-0.25, -0.2) is 9.50 Å². The zero-order chi connectivity index (χ0) is 11.8. The number of likely N-dealkylation sites (tertiary alicyclic amines) is 1. The number of aromatic nitrogens is 3. The number of nitrogens with zero attached hydrogens (tertiary/aromatic N) is 4. The number of fused-ring (bicyclic) bond motifs is 1. The molecular weight excluding hydrogens is 282 g/mol. The second-order valence-electron chi connectivity index (χ2n) is 4.38. The second kappa shape index (κ2) is 4.27. The Bertz CT molecular complexity index is 544. The zero-order valence-corrected chi connectivity index (χ0v) is 11.0. The van der Waals surface area contributed by atoms with E-state index in [9.17, 15) is 0 Å². The largest absolute Gasteiger partial charge is 0.382 e. The first-order valence-corrected chi connectivity index (χ1v) is 6.54. The van der Waals surface area contributed by atoms with E-state index in [1.165, 1.54) is 37.8 Å². The average Bonchev–Trinajstić information content (AvgIpc) is 2.90. The topological polar surface area (TPSA) is 59.4 Å². The van der Waals surface area contributed by atoms with Gasteiger partial charge in [0, 0.05) is 6.54 Å². The summed E-state index contributed by atoms with van der Waals surface area (Å²) in [7, 11) is 0. The highest BCUT2D eigenvalue weighted by molar-refractivity contribution is 9.10. The Morgan fingerprint density at radius 2 is 2.12 bits per heavy atom. The third kappa shape index (κ3) is 1.91. The Morgan fingerprint density at radius 3 is 2.88 bits per heavy atom. The second-order valence-corrected chi connectivity index (χ2v) is 5.19. The van der Waals surface area contributed by atoms with Crippen LogP contribution in [0.3, 0.4) is 0 Å². The van der Waals surface area contributed by atoms with Crippen LogP contribution in [0, 0.1) is 0 Å². The van der Waals surface area contributed by atoms with Gasteiger partial charge in [-0.1, -0.05) is 0 Å². The summed E-state index contributed by atoms with van der Waals surface area (Å²) in [5.74, 6) is 0.542. The minimum atomic E-state index is 0.542. The maximum atomic E-state index is 5.93. The summed E-state index contributed by atoms with van der Waals surface area (Å²) in [5.41, 5.74) is 8.05. The van der Waals surface area contributed by atoms with E-state index >= 15 is 0 Å². The molecule has 0 spiro atoms. The SMILES string of the molecule is Nc1ncnn2c(Br)cc(CN3CCCC3)c12. The molecule has 0 radical (unpaired) electrons. The Hall–Kier alpha value is -1.14. The number of anilines is 1. The highest BCUT2D eigenvalue weighted by Gasteiger charge is 2.17. The van der Waals surface area contributed by atoms with Crippen molar-refractivity contribution in [3.05, 3.63) is 22.6 Å². The van der Waals surface area contributed by atoms with Crippen molar-refractivity contribution in [2.24, 2.45) is 0 Å². The predicted molar refractivity (Wildman–Crippen MR) is 69.6 cm³/mol. The Kier molecular flexibility index (Phi) is 2.76. The van der Waals surface area contributed by atoms with Gasteiger partial charge in [0.1, 0.15) is 16.4 Å². The smallest absolute Gasteiger partial charge is 0.151 e. The molecule has 17 heavy (non-hydrogen) atoms. The Morgan fingerprint density at radius 1 is 1.35 bits per heavy atom. The highest BCUT2D eigenvalue weighted by Crippen LogP contribution is 2.25. The van der Waals surface area contributed by atoms with Gasteiger partial charge in [-0.3, -0.25) is 4.90 Å². The lowest BCUT2D eigenvalue weighted by molar-refractivity contribution is 0.332. The van der Waals surface area contributed by atoms with Gasteiger partial charge in [0.25, 0.3) is 0 Å². The van der Waals surface area contributed by atoms with Crippen molar-refractivity contribution in [1.82, 2.24) is 19.5 Å². The van der Waals surface area contributed by atoms with Crippen LogP contribution in [-0.2, 0) is 6.54 Å². The number of nitrogen functional groups attached to an aromatic ring is 1. The van der Waals surface area contributed by atoms with Crippen molar-refractivity contribution < 1.29 is 0 Å². The van der Waals surface area contributed by atoms with E-state index in [1.54, 1.807) is 4.52 Å².